The minimum atomic E-state index is -0.539. The van der Waals surface area contributed by atoms with Gasteiger partial charge >= 0.3 is 12.2 Å². The average molecular weight is 350 g/mol. The van der Waals surface area contributed by atoms with Gasteiger partial charge in [-0.3, -0.25) is 0 Å². The molecule has 0 spiro atoms. The monoisotopic (exact) mass is 350 g/mol. The minimum absolute atomic E-state index is 0.238. The second kappa shape index (κ2) is 9.91. The Bertz CT molecular complexity index is 540. The van der Waals surface area contributed by atoms with E-state index in [1.807, 2.05) is 58.0 Å². The van der Waals surface area contributed by atoms with Gasteiger partial charge in [0.1, 0.15) is 12.2 Å². The van der Waals surface area contributed by atoms with Crippen LogP contribution in [-0.4, -0.2) is 54.3 Å². The predicted molar refractivity (Wildman–Crippen MR) is 97.4 cm³/mol. The Morgan fingerprint density at radius 2 is 1.64 bits per heavy atom. The normalized spacial score (nSPS) is 10.9. The lowest BCUT2D eigenvalue weighted by molar-refractivity contribution is 0.0275. The first-order valence-electron chi connectivity index (χ1n) is 8.62. The van der Waals surface area contributed by atoms with Crippen molar-refractivity contribution in [1.29, 1.82) is 0 Å². The molecule has 0 saturated carbocycles. The number of carbonyl (C=O) groups excluding carboxylic acids is 2. The van der Waals surface area contributed by atoms with Gasteiger partial charge in [0.25, 0.3) is 0 Å². The zero-order valence-corrected chi connectivity index (χ0v) is 15.9. The van der Waals surface area contributed by atoms with E-state index in [-0.39, 0.29) is 12.7 Å². The lowest BCUT2D eigenvalue weighted by Crippen LogP contribution is -2.41. The molecular formula is C19H30N2O4. The summed E-state index contributed by atoms with van der Waals surface area (Å²) in [7, 11) is 1.66. The molecule has 0 aliphatic carbocycles. The molecule has 6 nitrogen and oxygen atoms in total. The highest BCUT2D eigenvalue weighted by Crippen LogP contribution is 2.09. The van der Waals surface area contributed by atoms with Crippen molar-refractivity contribution in [2.75, 3.05) is 26.7 Å². The summed E-state index contributed by atoms with van der Waals surface area (Å²) in [5.74, 6) is 0. The summed E-state index contributed by atoms with van der Waals surface area (Å²) in [5.41, 5.74) is 0.404. The number of ether oxygens (including phenoxy) is 2. The molecule has 1 aromatic carbocycles. The Morgan fingerprint density at radius 3 is 2.20 bits per heavy atom. The zero-order chi connectivity index (χ0) is 18.9. The van der Waals surface area contributed by atoms with E-state index in [4.69, 9.17) is 9.47 Å². The largest absolute Gasteiger partial charge is 0.445 e. The molecule has 0 heterocycles. The molecule has 1 aromatic rings. The van der Waals surface area contributed by atoms with Gasteiger partial charge in [-0.2, -0.15) is 0 Å². The van der Waals surface area contributed by atoms with Gasteiger partial charge in [-0.1, -0.05) is 37.3 Å². The number of carbonyl (C=O) groups is 2. The summed E-state index contributed by atoms with van der Waals surface area (Å²) in [6.45, 7) is 9.06. The van der Waals surface area contributed by atoms with Crippen molar-refractivity contribution >= 4 is 12.2 Å². The van der Waals surface area contributed by atoms with E-state index < -0.39 is 11.7 Å². The fraction of sp³-hybridized carbons (Fsp3) is 0.579. The Hall–Kier alpha value is -2.24. The number of likely N-dealkylation sites (N-methyl/N-ethyl adjacent to an activating group) is 1. The van der Waals surface area contributed by atoms with E-state index in [2.05, 4.69) is 0 Å². The summed E-state index contributed by atoms with van der Waals surface area (Å²) in [5, 5.41) is 0. The molecule has 0 aromatic heterocycles. The third kappa shape index (κ3) is 8.42. The van der Waals surface area contributed by atoms with E-state index in [0.29, 0.717) is 19.6 Å². The number of hydrogen-bond acceptors (Lipinski definition) is 4. The SMILES string of the molecule is CCCN(CCN(C)C(=O)OC(C)(C)C)C(=O)OCc1ccccc1. The standard InChI is InChI=1S/C19H30N2O4/c1-6-12-21(14-13-20(5)17(22)25-19(2,3)4)18(23)24-15-16-10-8-7-9-11-16/h7-11H,6,12-15H2,1-5H3. The molecule has 0 fully saturated rings. The average Bonchev–Trinajstić information content (AvgIpc) is 2.55. The molecule has 0 N–H and O–H groups in total. The maximum Gasteiger partial charge on any atom is 0.410 e. The summed E-state index contributed by atoms with van der Waals surface area (Å²) < 4.78 is 10.7. The molecule has 2 amide bonds. The van der Waals surface area contributed by atoms with Crippen molar-refractivity contribution in [2.24, 2.45) is 0 Å². The van der Waals surface area contributed by atoms with Crippen molar-refractivity contribution in [3.8, 4) is 0 Å². The molecule has 6 heteroatoms. The van der Waals surface area contributed by atoms with Crippen LogP contribution in [0.2, 0.25) is 0 Å². The van der Waals surface area contributed by atoms with E-state index in [9.17, 15) is 9.59 Å². The second-order valence-electron chi connectivity index (χ2n) is 6.93. The highest BCUT2D eigenvalue weighted by atomic mass is 16.6. The number of nitrogens with zero attached hydrogens (tertiary/aromatic N) is 2. The smallest absolute Gasteiger partial charge is 0.410 e. The zero-order valence-electron chi connectivity index (χ0n) is 15.9. The fourth-order valence-corrected chi connectivity index (χ4v) is 2.08. The van der Waals surface area contributed by atoms with Gasteiger partial charge in [0.15, 0.2) is 0 Å². The maximum atomic E-state index is 12.3. The van der Waals surface area contributed by atoms with E-state index >= 15 is 0 Å². The molecular weight excluding hydrogens is 320 g/mol. The van der Waals surface area contributed by atoms with Crippen molar-refractivity contribution in [3.63, 3.8) is 0 Å². The molecule has 25 heavy (non-hydrogen) atoms. The lowest BCUT2D eigenvalue weighted by Gasteiger charge is -2.27. The van der Waals surface area contributed by atoms with Crippen LogP contribution in [0.3, 0.4) is 0 Å². The Kier molecular flexibility index (Phi) is 8.25. The van der Waals surface area contributed by atoms with E-state index in [1.165, 1.54) is 4.90 Å². The summed E-state index contributed by atoms with van der Waals surface area (Å²) in [4.78, 5) is 27.4. The number of hydrogen-bond donors (Lipinski definition) is 0. The molecule has 0 aliphatic rings. The molecule has 0 atom stereocenters. The highest BCUT2D eigenvalue weighted by molar-refractivity contribution is 5.69. The van der Waals surface area contributed by atoms with Gasteiger partial charge < -0.3 is 19.3 Å². The third-order valence-corrected chi connectivity index (χ3v) is 3.37. The first kappa shape index (κ1) is 20.8. The molecule has 0 unspecified atom stereocenters. The van der Waals surface area contributed by atoms with Gasteiger partial charge in [-0.15, -0.1) is 0 Å². The molecule has 1 rings (SSSR count). The summed E-state index contributed by atoms with van der Waals surface area (Å²) >= 11 is 0. The van der Waals surface area contributed by atoms with Crippen molar-refractivity contribution in [1.82, 2.24) is 9.80 Å². The summed E-state index contributed by atoms with van der Waals surface area (Å²) in [6, 6.07) is 9.55. The number of benzene rings is 1. The van der Waals surface area contributed by atoms with Crippen molar-refractivity contribution in [2.45, 2.75) is 46.3 Å². The predicted octanol–water partition coefficient (Wildman–Crippen LogP) is 3.90. The van der Waals surface area contributed by atoms with Crippen LogP contribution >= 0.6 is 0 Å². The van der Waals surface area contributed by atoms with Crippen LogP contribution in [-0.2, 0) is 16.1 Å². The Balaban J connectivity index is 2.49. The minimum Gasteiger partial charge on any atom is -0.445 e. The maximum absolute atomic E-state index is 12.3. The van der Waals surface area contributed by atoms with Crippen LogP contribution in [0, 0.1) is 0 Å². The van der Waals surface area contributed by atoms with Crippen LogP contribution in [0.25, 0.3) is 0 Å². The third-order valence-electron chi connectivity index (χ3n) is 3.37. The van der Waals surface area contributed by atoms with Crippen molar-refractivity contribution in [3.05, 3.63) is 35.9 Å². The van der Waals surface area contributed by atoms with Crippen LogP contribution in [0.5, 0.6) is 0 Å². The van der Waals surface area contributed by atoms with E-state index in [0.717, 1.165) is 12.0 Å². The highest BCUT2D eigenvalue weighted by Gasteiger charge is 2.21. The van der Waals surface area contributed by atoms with Crippen LogP contribution < -0.4 is 0 Å². The molecule has 0 radical (unpaired) electrons. The molecule has 0 saturated heterocycles. The topological polar surface area (TPSA) is 59.1 Å². The van der Waals surface area contributed by atoms with Gasteiger partial charge in [0, 0.05) is 26.7 Å². The molecule has 0 bridgehead atoms. The summed E-state index contributed by atoms with van der Waals surface area (Å²) in [6.07, 6.45) is 0.0428. The number of rotatable bonds is 7. The first-order chi connectivity index (χ1) is 11.7. The van der Waals surface area contributed by atoms with Gasteiger partial charge in [-0.05, 0) is 32.8 Å². The van der Waals surface area contributed by atoms with Gasteiger partial charge in [0.2, 0.25) is 0 Å². The van der Waals surface area contributed by atoms with E-state index in [1.54, 1.807) is 11.9 Å². The number of amides is 2. The molecule has 140 valence electrons. The van der Waals surface area contributed by atoms with Gasteiger partial charge in [0.05, 0.1) is 0 Å². The van der Waals surface area contributed by atoms with Crippen LogP contribution in [0.4, 0.5) is 9.59 Å². The molecule has 0 aliphatic heterocycles. The quantitative estimate of drug-likeness (QED) is 0.748. The van der Waals surface area contributed by atoms with Crippen LogP contribution in [0.1, 0.15) is 39.7 Å². The first-order valence-corrected chi connectivity index (χ1v) is 8.62. The second-order valence-corrected chi connectivity index (χ2v) is 6.93. The fourth-order valence-electron chi connectivity index (χ4n) is 2.08. The lowest BCUT2D eigenvalue weighted by atomic mass is 10.2. The Morgan fingerprint density at radius 1 is 1.00 bits per heavy atom. The van der Waals surface area contributed by atoms with Gasteiger partial charge in [-0.25, -0.2) is 9.59 Å². The van der Waals surface area contributed by atoms with Crippen LogP contribution in [0.15, 0.2) is 30.3 Å². The van der Waals surface area contributed by atoms with Crippen molar-refractivity contribution < 1.29 is 19.1 Å². The Labute approximate surface area is 150 Å².